The highest BCUT2D eigenvalue weighted by atomic mass is 16.5. The van der Waals surface area contributed by atoms with Crippen molar-refractivity contribution in [3.8, 4) is 5.75 Å². The lowest BCUT2D eigenvalue weighted by molar-refractivity contribution is -0.141. The van der Waals surface area contributed by atoms with Gasteiger partial charge < -0.3 is 15.0 Å². The summed E-state index contributed by atoms with van der Waals surface area (Å²) in [7, 11) is 1.82. The molecule has 0 fully saturated rings. The van der Waals surface area contributed by atoms with Gasteiger partial charge in [0.2, 0.25) is 6.29 Å². The highest BCUT2D eigenvalue weighted by Gasteiger charge is 2.25. The molecule has 0 aromatic heterocycles. The Morgan fingerprint density at radius 2 is 1.65 bits per heavy atom. The third-order valence-electron chi connectivity index (χ3n) is 6.26. The lowest BCUT2D eigenvalue weighted by atomic mass is 9.83. The van der Waals surface area contributed by atoms with Crippen LogP contribution in [0.15, 0.2) is 78.9 Å². The zero-order valence-electron chi connectivity index (χ0n) is 19.1. The number of hydrogen-bond donors (Lipinski definition) is 1. The van der Waals surface area contributed by atoms with Crippen molar-refractivity contribution in [3.63, 3.8) is 0 Å². The number of carbonyl (C=O) groups is 3. The van der Waals surface area contributed by atoms with Gasteiger partial charge in [-0.25, -0.2) is 9.59 Å². The van der Waals surface area contributed by atoms with Crippen molar-refractivity contribution in [2.45, 2.75) is 25.3 Å². The Morgan fingerprint density at radius 3 is 2.26 bits per heavy atom. The number of esters is 1. The Kier molecular flexibility index (Phi) is 7.38. The van der Waals surface area contributed by atoms with E-state index in [1.165, 1.54) is 0 Å². The van der Waals surface area contributed by atoms with Gasteiger partial charge in [-0.05, 0) is 53.5 Å². The smallest absolute Gasteiger partial charge is 0.376 e. The summed E-state index contributed by atoms with van der Waals surface area (Å²) in [5.74, 6) is -0.154. The van der Waals surface area contributed by atoms with E-state index in [0.717, 1.165) is 41.5 Å². The van der Waals surface area contributed by atoms with Gasteiger partial charge in [0.1, 0.15) is 5.75 Å². The standard InChI is InChI=1S/C28H28N2O4/c1-30(18-20-15-16-24-23(17-20)13-8-14-25(24)34-26(32)19-31)28(33)29-27(21-9-4-2-5-10-21)22-11-6-3-7-12-22/h2-14,19-20,27H,15-18H2,1H3,(H,29,33). The van der Waals surface area contributed by atoms with E-state index < -0.39 is 5.97 Å². The van der Waals surface area contributed by atoms with Crippen LogP contribution in [0.5, 0.6) is 5.75 Å². The third kappa shape index (κ3) is 5.52. The fourth-order valence-corrected chi connectivity index (χ4v) is 4.59. The Balaban J connectivity index is 1.42. The van der Waals surface area contributed by atoms with Gasteiger partial charge in [-0.1, -0.05) is 72.8 Å². The van der Waals surface area contributed by atoms with Crippen molar-refractivity contribution in [2.24, 2.45) is 5.92 Å². The zero-order chi connectivity index (χ0) is 23.9. The Hall–Kier alpha value is -3.93. The fourth-order valence-electron chi connectivity index (χ4n) is 4.59. The van der Waals surface area contributed by atoms with E-state index in [0.29, 0.717) is 12.3 Å². The summed E-state index contributed by atoms with van der Waals surface area (Å²) in [6.07, 6.45) is 2.55. The molecule has 1 atom stereocenters. The molecule has 0 saturated carbocycles. The molecule has 1 unspecified atom stereocenters. The van der Waals surface area contributed by atoms with E-state index in [4.69, 9.17) is 4.74 Å². The maximum atomic E-state index is 13.2. The summed E-state index contributed by atoms with van der Waals surface area (Å²) in [5, 5.41) is 3.19. The number of amides is 2. The molecule has 4 rings (SSSR count). The van der Waals surface area contributed by atoms with Crippen molar-refractivity contribution < 1.29 is 19.1 Å². The first-order valence-electron chi connectivity index (χ1n) is 11.4. The second kappa shape index (κ2) is 10.8. The zero-order valence-corrected chi connectivity index (χ0v) is 19.1. The highest BCUT2D eigenvalue weighted by molar-refractivity contribution is 6.21. The maximum Gasteiger partial charge on any atom is 0.376 e. The summed E-state index contributed by atoms with van der Waals surface area (Å²) < 4.78 is 5.16. The number of benzene rings is 3. The molecule has 6 nitrogen and oxygen atoms in total. The molecule has 0 heterocycles. The molecular weight excluding hydrogens is 428 g/mol. The van der Waals surface area contributed by atoms with Crippen LogP contribution in [0.25, 0.3) is 0 Å². The quantitative estimate of drug-likeness (QED) is 0.249. The molecule has 1 aliphatic rings. The highest BCUT2D eigenvalue weighted by Crippen LogP contribution is 2.32. The molecular formula is C28H28N2O4. The summed E-state index contributed by atoms with van der Waals surface area (Å²) in [4.78, 5) is 37.0. The number of fused-ring (bicyclic) bond motifs is 1. The molecule has 0 aliphatic heterocycles. The number of ether oxygens (including phenoxy) is 1. The minimum atomic E-state index is -0.890. The number of rotatable bonds is 7. The number of urea groups is 1. The molecule has 6 heteroatoms. The molecule has 34 heavy (non-hydrogen) atoms. The average molecular weight is 457 g/mol. The van der Waals surface area contributed by atoms with Crippen molar-refractivity contribution >= 4 is 18.3 Å². The van der Waals surface area contributed by atoms with E-state index in [1.54, 1.807) is 11.0 Å². The van der Waals surface area contributed by atoms with Gasteiger partial charge in [-0.2, -0.15) is 0 Å². The lowest BCUT2D eigenvalue weighted by Crippen LogP contribution is -2.42. The van der Waals surface area contributed by atoms with Crippen molar-refractivity contribution in [1.82, 2.24) is 10.2 Å². The normalized spacial score (nSPS) is 14.7. The number of carbonyl (C=O) groups excluding carboxylic acids is 3. The van der Waals surface area contributed by atoms with Crippen LogP contribution in [0, 0.1) is 5.92 Å². The van der Waals surface area contributed by atoms with Gasteiger partial charge in [-0.3, -0.25) is 4.79 Å². The van der Waals surface area contributed by atoms with Crippen LogP contribution >= 0.6 is 0 Å². The number of hydrogen-bond acceptors (Lipinski definition) is 4. The van der Waals surface area contributed by atoms with E-state index in [1.807, 2.05) is 79.8 Å². The first-order chi connectivity index (χ1) is 16.5. The minimum Gasteiger partial charge on any atom is -0.421 e. The fraction of sp³-hybridized carbons (Fsp3) is 0.250. The molecule has 2 amide bonds. The predicted molar refractivity (Wildman–Crippen MR) is 130 cm³/mol. The van der Waals surface area contributed by atoms with Gasteiger partial charge in [0.05, 0.1) is 6.04 Å². The summed E-state index contributed by atoms with van der Waals surface area (Å²) in [5.41, 5.74) is 4.11. The Labute approximate surface area is 199 Å². The Morgan fingerprint density at radius 1 is 1.00 bits per heavy atom. The van der Waals surface area contributed by atoms with Gasteiger partial charge in [0.15, 0.2) is 0 Å². The van der Waals surface area contributed by atoms with Crippen LogP contribution in [0.2, 0.25) is 0 Å². The van der Waals surface area contributed by atoms with Crippen molar-refractivity contribution in [3.05, 3.63) is 101 Å². The molecule has 0 saturated heterocycles. The third-order valence-corrected chi connectivity index (χ3v) is 6.26. The van der Waals surface area contributed by atoms with Crippen LogP contribution in [0.4, 0.5) is 4.79 Å². The lowest BCUT2D eigenvalue weighted by Gasteiger charge is -2.30. The first-order valence-corrected chi connectivity index (χ1v) is 11.4. The monoisotopic (exact) mass is 456 g/mol. The van der Waals surface area contributed by atoms with E-state index >= 15 is 0 Å². The summed E-state index contributed by atoms with van der Waals surface area (Å²) in [6.45, 7) is 0.611. The van der Waals surface area contributed by atoms with Crippen molar-refractivity contribution in [2.75, 3.05) is 13.6 Å². The molecule has 3 aromatic rings. The topological polar surface area (TPSA) is 75.7 Å². The van der Waals surface area contributed by atoms with Gasteiger partial charge in [0.25, 0.3) is 0 Å². The SMILES string of the molecule is CN(CC1CCc2c(cccc2OC(=O)C=O)C1)C(=O)NC(c1ccccc1)c1ccccc1. The molecule has 1 N–H and O–H groups in total. The summed E-state index contributed by atoms with van der Waals surface area (Å²) in [6, 6.07) is 25.1. The second-order valence-corrected chi connectivity index (χ2v) is 8.63. The molecule has 0 radical (unpaired) electrons. The van der Waals surface area contributed by atoms with Gasteiger partial charge >= 0.3 is 12.0 Å². The van der Waals surface area contributed by atoms with Crippen LogP contribution in [-0.4, -0.2) is 36.8 Å². The predicted octanol–water partition coefficient (Wildman–Crippen LogP) is 4.33. The molecule has 1 aliphatic carbocycles. The van der Waals surface area contributed by atoms with Crippen molar-refractivity contribution in [1.29, 1.82) is 0 Å². The summed E-state index contributed by atoms with van der Waals surface area (Å²) >= 11 is 0. The number of nitrogens with zero attached hydrogens (tertiary/aromatic N) is 1. The van der Waals surface area contributed by atoms with E-state index in [2.05, 4.69) is 5.32 Å². The van der Waals surface area contributed by atoms with Gasteiger partial charge in [0, 0.05) is 13.6 Å². The van der Waals surface area contributed by atoms with Crippen LogP contribution in [-0.2, 0) is 22.4 Å². The Bertz CT molecular complexity index is 1110. The van der Waals surface area contributed by atoms with Crippen LogP contribution in [0.3, 0.4) is 0 Å². The minimum absolute atomic E-state index is 0.128. The molecule has 0 spiro atoms. The molecule has 0 bridgehead atoms. The maximum absolute atomic E-state index is 13.2. The van der Waals surface area contributed by atoms with E-state index in [9.17, 15) is 14.4 Å². The van der Waals surface area contributed by atoms with Crippen LogP contribution < -0.4 is 10.1 Å². The number of nitrogens with one attached hydrogen (secondary N) is 1. The first kappa shape index (κ1) is 23.2. The van der Waals surface area contributed by atoms with Gasteiger partial charge in [-0.15, -0.1) is 0 Å². The molecule has 174 valence electrons. The largest absolute Gasteiger partial charge is 0.421 e. The molecule has 3 aromatic carbocycles. The average Bonchev–Trinajstić information content (AvgIpc) is 2.88. The van der Waals surface area contributed by atoms with Crippen LogP contribution in [0.1, 0.15) is 34.7 Å². The number of aldehydes is 1. The van der Waals surface area contributed by atoms with E-state index in [-0.39, 0.29) is 24.3 Å². The second-order valence-electron chi connectivity index (χ2n) is 8.63.